The lowest BCUT2D eigenvalue weighted by Crippen LogP contribution is -2.45. The fourth-order valence-corrected chi connectivity index (χ4v) is 10.4. The summed E-state index contributed by atoms with van der Waals surface area (Å²) < 4.78 is 0. The van der Waals surface area contributed by atoms with E-state index in [2.05, 4.69) is 153 Å². The molecule has 4 heteroatoms. The summed E-state index contributed by atoms with van der Waals surface area (Å²) >= 11 is 0. The van der Waals surface area contributed by atoms with Crippen LogP contribution in [0.2, 0.25) is 0 Å². The lowest BCUT2D eigenvalue weighted by Gasteiger charge is -2.20. The topological polar surface area (TPSA) is 69.6 Å². The van der Waals surface area contributed by atoms with Crippen LogP contribution in [0.25, 0.3) is 0 Å². The van der Waals surface area contributed by atoms with Crippen LogP contribution in [0.4, 0.5) is 0 Å². The predicted octanol–water partition coefficient (Wildman–Crippen LogP) is 25.0. The van der Waals surface area contributed by atoms with Crippen LogP contribution in [-0.2, 0) is 4.79 Å². The molecule has 0 rings (SSSR count). The van der Waals surface area contributed by atoms with Crippen molar-refractivity contribution in [3.05, 3.63) is 146 Å². The SMILES string of the molecule is CC/C=C\C/C=C\C/C=C\C/C=C\C/C=C\C/C=C\C/C=C\C/C=C\C/C=C\C/C=C\C/C=C\CCCCCCCC(=O)NC(CO)C(O)/C=C/CCCCCCCCCCCCCCCCCCCCCCCCCCCCCCCCC. The average Bonchev–Trinajstić information content (AvgIpc) is 3.51. The molecule has 0 aromatic heterocycles. The van der Waals surface area contributed by atoms with E-state index < -0.39 is 12.1 Å². The molecule has 0 heterocycles. The van der Waals surface area contributed by atoms with E-state index in [9.17, 15) is 15.0 Å². The summed E-state index contributed by atoms with van der Waals surface area (Å²) in [5.41, 5.74) is 0. The molecule has 0 aliphatic rings. The highest BCUT2D eigenvalue weighted by Gasteiger charge is 2.18. The first-order chi connectivity index (χ1) is 41.7. The van der Waals surface area contributed by atoms with Crippen molar-refractivity contribution >= 4 is 5.91 Å². The first-order valence-electron chi connectivity index (χ1n) is 36.0. The van der Waals surface area contributed by atoms with Gasteiger partial charge in [-0.15, -0.1) is 0 Å². The average molecular weight is 1160 g/mol. The molecular formula is C80H137NO3. The molecular weight excluding hydrogens is 1020 g/mol. The Bertz CT molecular complexity index is 1700. The summed E-state index contributed by atoms with van der Waals surface area (Å²) in [5, 5.41) is 23.3. The number of aliphatic hydroxyl groups is 2. The van der Waals surface area contributed by atoms with E-state index >= 15 is 0 Å². The summed E-state index contributed by atoms with van der Waals surface area (Å²) in [4.78, 5) is 12.5. The van der Waals surface area contributed by atoms with E-state index in [1.54, 1.807) is 6.08 Å². The van der Waals surface area contributed by atoms with Gasteiger partial charge in [0.1, 0.15) is 0 Å². The van der Waals surface area contributed by atoms with Crippen molar-refractivity contribution in [3.8, 4) is 0 Å². The van der Waals surface area contributed by atoms with Gasteiger partial charge in [0.25, 0.3) is 0 Å². The molecule has 0 spiro atoms. The molecule has 2 atom stereocenters. The first kappa shape index (κ1) is 80.3. The number of aliphatic hydroxyl groups excluding tert-OH is 2. The first-order valence-corrected chi connectivity index (χ1v) is 36.0. The molecule has 0 aliphatic heterocycles. The van der Waals surface area contributed by atoms with E-state index in [0.29, 0.717) is 6.42 Å². The number of unbranched alkanes of at least 4 members (excludes halogenated alkanes) is 36. The van der Waals surface area contributed by atoms with Gasteiger partial charge in [0, 0.05) is 6.42 Å². The summed E-state index contributed by atoms with van der Waals surface area (Å²) in [6.45, 7) is 4.21. The number of carbonyl (C=O) groups excluding carboxylic acids is 1. The normalized spacial score (nSPS) is 13.6. The van der Waals surface area contributed by atoms with Gasteiger partial charge in [0.05, 0.1) is 18.8 Å². The number of nitrogens with one attached hydrogen (secondary N) is 1. The van der Waals surface area contributed by atoms with Crippen LogP contribution in [0, 0.1) is 0 Å². The van der Waals surface area contributed by atoms with Gasteiger partial charge in [0.2, 0.25) is 5.91 Å². The third-order valence-electron chi connectivity index (χ3n) is 15.8. The minimum atomic E-state index is -0.861. The molecule has 4 nitrogen and oxygen atoms in total. The molecule has 1 amide bonds. The Balaban J connectivity index is 3.59. The van der Waals surface area contributed by atoms with Crippen LogP contribution in [-0.4, -0.2) is 34.9 Å². The van der Waals surface area contributed by atoms with Gasteiger partial charge >= 0.3 is 0 Å². The zero-order chi connectivity index (χ0) is 60.5. The number of hydrogen-bond donors (Lipinski definition) is 3. The van der Waals surface area contributed by atoms with E-state index in [1.807, 2.05) is 6.08 Å². The summed E-state index contributed by atoms with van der Waals surface area (Å²) in [6, 6.07) is -0.646. The Morgan fingerprint density at radius 2 is 0.524 bits per heavy atom. The molecule has 84 heavy (non-hydrogen) atoms. The van der Waals surface area contributed by atoms with Crippen LogP contribution in [0.1, 0.15) is 335 Å². The van der Waals surface area contributed by atoms with E-state index in [-0.39, 0.29) is 12.5 Å². The Labute approximate surface area is 523 Å². The Morgan fingerprint density at radius 3 is 0.786 bits per heavy atom. The van der Waals surface area contributed by atoms with Crippen molar-refractivity contribution in [1.82, 2.24) is 5.32 Å². The fraction of sp³-hybridized carbons (Fsp3) is 0.688. The molecule has 2 unspecified atom stereocenters. The number of allylic oxidation sites excluding steroid dienone is 23. The van der Waals surface area contributed by atoms with Gasteiger partial charge in [-0.05, 0) is 103 Å². The molecule has 0 aliphatic carbocycles. The van der Waals surface area contributed by atoms with Crippen LogP contribution >= 0.6 is 0 Å². The highest BCUT2D eigenvalue weighted by Crippen LogP contribution is 2.18. The van der Waals surface area contributed by atoms with Crippen LogP contribution in [0.15, 0.2) is 146 Å². The van der Waals surface area contributed by atoms with Gasteiger partial charge < -0.3 is 15.5 Å². The summed E-state index contributed by atoms with van der Waals surface area (Å²) in [7, 11) is 0. The minimum absolute atomic E-state index is 0.0849. The van der Waals surface area contributed by atoms with E-state index in [4.69, 9.17) is 0 Å². The molecule has 0 radical (unpaired) electrons. The Kier molecular flexibility index (Phi) is 70.3. The molecule has 480 valence electrons. The summed E-state index contributed by atoms with van der Waals surface area (Å²) in [6.07, 6.45) is 115. The van der Waals surface area contributed by atoms with Crippen molar-refractivity contribution < 1.29 is 15.0 Å². The lowest BCUT2D eigenvalue weighted by atomic mass is 10.0. The van der Waals surface area contributed by atoms with Gasteiger partial charge in [0.15, 0.2) is 0 Å². The number of amides is 1. The number of rotatable bonds is 65. The maximum absolute atomic E-state index is 12.5. The van der Waals surface area contributed by atoms with E-state index in [1.165, 1.54) is 205 Å². The quantitative estimate of drug-likeness (QED) is 0.0420. The second-order valence-electron chi connectivity index (χ2n) is 23.9. The molecule has 0 bridgehead atoms. The fourth-order valence-electron chi connectivity index (χ4n) is 10.4. The van der Waals surface area contributed by atoms with Crippen molar-refractivity contribution in [1.29, 1.82) is 0 Å². The molecule has 0 saturated heterocycles. The monoisotopic (exact) mass is 1160 g/mol. The number of hydrogen-bond acceptors (Lipinski definition) is 3. The predicted molar refractivity (Wildman–Crippen MR) is 377 cm³/mol. The minimum Gasteiger partial charge on any atom is -0.394 e. The van der Waals surface area contributed by atoms with Crippen molar-refractivity contribution in [2.75, 3.05) is 6.61 Å². The van der Waals surface area contributed by atoms with Crippen molar-refractivity contribution in [2.45, 2.75) is 347 Å². The van der Waals surface area contributed by atoms with Crippen LogP contribution < -0.4 is 5.32 Å². The number of carbonyl (C=O) groups is 1. The standard InChI is InChI=1S/C80H137NO3/c1-3-5-7-9-11-13-15-17-19-21-23-25-27-29-31-33-35-37-38-39-40-41-42-44-46-48-50-52-54-56-58-60-62-64-66-68-70-72-74-76-80(84)81-78(77-82)79(83)75-73-71-69-67-65-63-61-59-57-55-53-51-49-47-45-43-36-34-32-30-28-26-24-22-20-18-16-14-12-10-8-6-4-2/h5,7,11,13,17,19,23,25,29,31,35,37,39-40,42,44,48,50,54,56,60,62,73,75,78-79,82-83H,3-4,6,8-10,12,14-16,18,20-22,24,26-28,30,32-34,36,38,41,43,45-47,49,51-53,55,57-59,61,63-72,74,76-77H2,1-2H3,(H,81,84)/b7-5-,13-11-,19-17-,25-23-,31-29-,37-35-,40-39-,44-42-,50-48-,56-54-,62-60-,75-73+. The second-order valence-corrected chi connectivity index (χ2v) is 23.9. The molecule has 0 aromatic rings. The maximum atomic E-state index is 12.5. The Hall–Kier alpha value is -3.73. The van der Waals surface area contributed by atoms with Gasteiger partial charge in [-0.25, -0.2) is 0 Å². The van der Waals surface area contributed by atoms with Crippen LogP contribution in [0.3, 0.4) is 0 Å². The second kappa shape index (κ2) is 73.5. The lowest BCUT2D eigenvalue weighted by molar-refractivity contribution is -0.123. The zero-order valence-electron chi connectivity index (χ0n) is 55.4. The Morgan fingerprint density at radius 1 is 0.298 bits per heavy atom. The summed E-state index contributed by atoms with van der Waals surface area (Å²) in [5.74, 6) is -0.0849. The van der Waals surface area contributed by atoms with Crippen LogP contribution in [0.5, 0.6) is 0 Å². The van der Waals surface area contributed by atoms with Crippen molar-refractivity contribution in [2.24, 2.45) is 0 Å². The van der Waals surface area contributed by atoms with Gasteiger partial charge in [-0.3, -0.25) is 4.79 Å². The largest absolute Gasteiger partial charge is 0.394 e. The smallest absolute Gasteiger partial charge is 0.220 e. The van der Waals surface area contributed by atoms with Gasteiger partial charge in [-0.1, -0.05) is 372 Å². The molecule has 0 aromatic carbocycles. The maximum Gasteiger partial charge on any atom is 0.220 e. The zero-order valence-corrected chi connectivity index (χ0v) is 55.4. The molecule has 3 N–H and O–H groups in total. The molecule has 0 fully saturated rings. The molecule has 0 saturated carbocycles. The third-order valence-corrected chi connectivity index (χ3v) is 15.8. The third kappa shape index (κ3) is 69.0. The van der Waals surface area contributed by atoms with Gasteiger partial charge in [-0.2, -0.15) is 0 Å². The highest BCUT2D eigenvalue weighted by atomic mass is 16.3. The highest BCUT2D eigenvalue weighted by molar-refractivity contribution is 5.76. The van der Waals surface area contributed by atoms with Crippen molar-refractivity contribution in [3.63, 3.8) is 0 Å². The van der Waals surface area contributed by atoms with E-state index in [0.717, 1.165) is 109 Å².